The molecule has 2 rings (SSSR count). The fourth-order valence-corrected chi connectivity index (χ4v) is 2.49. The minimum Gasteiger partial charge on any atom is -0.249 e. The van der Waals surface area contributed by atoms with Gasteiger partial charge in [-0.1, -0.05) is 41.4 Å². The third-order valence-electron chi connectivity index (χ3n) is 2.42. The van der Waals surface area contributed by atoms with E-state index in [1.807, 2.05) is 13.8 Å². The van der Waals surface area contributed by atoms with Crippen molar-refractivity contribution in [3.8, 4) is 0 Å². The third kappa shape index (κ3) is 1.94. The number of pyridine rings is 1. The van der Waals surface area contributed by atoms with Gasteiger partial charge in [-0.15, -0.1) is 0 Å². The quantitative estimate of drug-likeness (QED) is 0.729. The molecule has 1 aromatic carbocycles. The fourth-order valence-electron chi connectivity index (χ4n) is 1.54. The van der Waals surface area contributed by atoms with Gasteiger partial charge in [0.05, 0.1) is 5.02 Å². The number of rotatable bonds is 1. The minimum atomic E-state index is -0.345. The van der Waals surface area contributed by atoms with Crippen molar-refractivity contribution in [2.45, 2.75) is 19.8 Å². The Balaban J connectivity index is 2.86. The highest BCUT2D eigenvalue weighted by Gasteiger charge is 2.12. The number of nitrogens with zero attached hydrogens (tertiary/aromatic N) is 1. The van der Waals surface area contributed by atoms with E-state index in [1.165, 1.54) is 6.07 Å². The van der Waals surface area contributed by atoms with Gasteiger partial charge in [0.25, 0.3) is 0 Å². The van der Waals surface area contributed by atoms with Crippen LogP contribution in [0.3, 0.4) is 0 Å². The molecular formula is C12H10BrClFN. The van der Waals surface area contributed by atoms with Crippen molar-refractivity contribution >= 4 is 38.4 Å². The van der Waals surface area contributed by atoms with Crippen LogP contribution >= 0.6 is 27.5 Å². The van der Waals surface area contributed by atoms with Crippen LogP contribution < -0.4 is 0 Å². The number of hydrogen-bond donors (Lipinski definition) is 0. The third-order valence-corrected chi connectivity index (χ3v) is 3.38. The Hall–Kier alpha value is -0.670. The molecule has 1 aromatic heterocycles. The maximum absolute atomic E-state index is 13.6. The minimum absolute atomic E-state index is 0.222. The molecule has 0 radical (unpaired) electrons. The lowest BCUT2D eigenvalue weighted by Crippen LogP contribution is -1.95. The molecule has 0 N–H and O–H groups in total. The van der Waals surface area contributed by atoms with Gasteiger partial charge < -0.3 is 0 Å². The van der Waals surface area contributed by atoms with Gasteiger partial charge in [0.2, 0.25) is 0 Å². The van der Waals surface area contributed by atoms with Crippen molar-refractivity contribution < 1.29 is 4.39 Å². The van der Waals surface area contributed by atoms with Crippen molar-refractivity contribution in [2.75, 3.05) is 0 Å². The highest BCUT2D eigenvalue weighted by atomic mass is 79.9. The van der Waals surface area contributed by atoms with Crippen LogP contribution in [0.5, 0.6) is 0 Å². The number of aromatic nitrogens is 1. The Kier molecular flexibility index (Phi) is 3.17. The lowest BCUT2D eigenvalue weighted by molar-refractivity contribution is 0.635. The summed E-state index contributed by atoms with van der Waals surface area (Å²) in [4.78, 5) is 4.31. The first kappa shape index (κ1) is 11.8. The average molecular weight is 303 g/mol. The zero-order chi connectivity index (χ0) is 11.9. The van der Waals surface area contributed by atoms with Crippen LogP contribution in [-0.4, -0.2) is 4.98 Å². The average Bonchev–Trinajstić information content (AvgIpc) is 2.22. The van der Waals surface area contributed by atoms with Crippen molar-refractivity contribution in [1.29, 1.82) is 0 Å². The Morgan fingerprint density at radius 2 is 2.06 bits per heavy atom. The molecule has 0 aliphatic rings. The first-order valence-electron chi connectivity index (χ1n) is 4.95. The van der Waals surface area contributed by atoms with Crippen LogP contribution in [0.4, 0.5) is 4.39 Å². The van der Waals surface area contributed by atoms with Crippen molar-refractivity contribution in [1.82, 2.24) is 4.98 Å². The predicted octanol–water partition coefficient (Wildman–Crippen LogP) is 4.91. The molecule has 84 valence electrons. The maximum atomic E-state index is 13.6. The van der Waals surface area contributed by atoms with Crippen LogP contribution in [0.2, 0.25) is 5.02 Å². The lowest BCUT2D eigenvalue weighted by atomic mass is 10.1. The second kappa shape index (κ2) is 4.30. The summed E-state index contributed by atoms with van der Waals surface area (Å²) in [5.41, 5.74) is 1.13. The molecule has 1 heterocycles. The number of halogens is 3. The normalized spacial score (nSPS) is 11.4. The van der Waals surface area contributed by atoms with E-state index in [0.29, 0.717) is 15.9 Å². The molecule has 0 bridgehead atoms. The van der Waals surface area contributed by atoms with Crippen LogP contribution in [0.1, 0.15) is 25.5 Å². The topological polar surface area (TPSA) is 12.9 Å². The second-order valence-electron chi connectivity index (χ2n) is 3.94. The highest BCUT2D eigenvalue weighted by molar-refractivity contribution is 9.10. The summed E-state index contributed by atoms with van der Waals surface area (Å²) >= 11 is 9.50. The van der Waals surface area contributed by atoms with E-state index in [4.69, 9.17) is 11.6 Å². The van der Waals surface area contributed by atoms with Crippen molar-refractivity contribution in [3.05, 3.63) is 39.2 Å². The Morgan fingerprint density at radius 3 is 2.69 bits per heavy atom. The van der Waals surface area contributed by atoms with Crippen LogP contribution in [0.15, 0.2) is 22.7 Å². The fraction of sp³-hybridized carbons (Fsp3) is 0.250. The van der Waals surface area contributed by atoms with Crippen molar-refractivity contribution in [2.24, 2.45) is 0 Å². The molecule has 4 heteroatoms. The Morgan fingerprint density at radius 1 is 1.38 bits per heavy atom. The summed E-state index contributed by atoms with van der Waals surface area (Å²) < 4.78 is 14.4. The SMILES string of the molecule is CC(C)c1cc(Cl)c2c(Br)ccc(F)c2n1. The summed E-state index contributed by atoms with van der Waals surface area (Å²) in [6.45, 7) is 4.00. The zero-order valence-electron chi connectivity index (χ0n) is 8.89. The molecule has 0 saturated carbocycles. The monoisotopic (exact) mass is 301 g/mol. The molecule has 0 aliphatic heterocycles. The molecule has 0 fully saturated rings. The van der Waals surface area contributed by atoms with Gasteiger partial charge in [-0.05, 0) is 24.1 Å². The second-order valence-corrected chi connectivity index (χ2v) is 5.20. The van der Waals surface area contributed by atoms with E-state index in [-0.39, 0.29) is 11.7 Å². The van der Waals surface area contributed by atoms with Gasteiger partial charge in [-0.3, -0.25) is 0 Å². The van der Waals surface area contributed by atoms with E-state index in [0.717, 1.165) is 10.2 Å². The molecule has 1 nitrogen and oxygen atoms in total. The molecule has 0 spiro atoms. The first-order valence-corrected chi connectivity index (χ1v) is 6.12. The summed E-state index contributed by atoms with van der Waals surface area (Å²) in [6.07, 6.45) is 0. The molecule has 0 unspecified atom stereocenters. The largest absolute Gasteiger partial charge is 0.249 e. The summed E-state index contributed by atoms with van der Waals surface area (Å²) in [5, 5.41) is 1.16. The van der Waals surface area contributed by atoms with Crippen LogP contribution in [-0.2, 0) is 0 Å². The van der Waals surface area contributed by atoms with Gasteiger partial charge in [0, 0.05) is 15.6 Å². The van der Waals surface area contributed by atoms with Gasteiger partial charge in [-0.25, -0.2) is 9.37 Å². The maximum Gasteiger partial charge on any atom is 0.149 e. The molecule has 16 heavy (non-hydrogen) atoms. The van der Waals surface area contributed by atoms with E-state index < -0.39 is 0 Å². The first-order chi connectivity index (χ1) is 7.50. The van der Waals surface area contributed by atoms with Crippen molar-refractivity contribution in [3.63, 3.8) is 0 Å². The zero-order valence-corrected chi connectivity index (χ0v) is 11.2. The number of benzene rings is 1. The number of fused-ring (bicyclic) bond motifs is 1. The molecule has 2 aromatic rings. The molecule has 0 saturated heterocycles. The standard InChI is InChI=1S/C12H10BrClFN/c1-6(2)10-5-8(14)11-7(13)3-4-9(15)12(11)16-10/h3-6H,1-2H3. The van der Waals surface area contributed by atoms with Gasteiger partial charge in [0.1, 0.15) is 11.3 Å². The smallest absolute Gasteiger partial charge is 0.149 e. The molecule has 0 atom stereocenters. The van der Waals surface area contributed by atoms with Gasteiger partial charge in [0.15, 0.2) is 0 Å². The Bertz CT molecular complexity index is 554. The van der Waals surface area contributed by atoms with Crippen LogP contribution in [0.25, 0.3) is 10.9 Å². The van der Waals surface area contributed by atoms with E-state index in [9.17, 15) is 4.39 Å². The lowest BCUT2D eigenvalue weighted by Gasteiger charge is -2.09. The highest BCUT2D eigenvalue weighted by Crippen LogP contribution is 2.33. The van der Waals surface area contributed by atoms with Crippen LogP contribution in [0, 0.1) is 5.82 Å². The summed E-state index contributed by atoms with van der Waals surface area (Å²) in [7, 11) is 0. The van der Waals surface area contributed by atoms with Gasteiger partial charge in [-0.2, -0.15) is 0 Å². The van der Waals surface area contributed by atoms with Gasteiger partial charge >= 0.3 is 0 Å². The Labute approximate surface area is 107 Å². The molecule has 0 amide bonds. The van der Waals surface area contributed by atoms with E-state index in [1.54, 1.807) is 12.1 Å². The summed E-state index contributed by atoms with van der Waals surface area (Å²) in [6, 6.07) is 4.82. The predicted molar refractivity (Wildman–Crippen MR) is 68.5 cm³/mol. The van der Waals surface area contributed by atoms with E-state index >= 15 is 0 Å². The number of hydrogen-bond acceptors (Lipinski definition) is 1. The summed E-state index contributed by atoms with van der Waals surface area (Å²) in [5.74, 6) is -0.122. The molecule has 0 aliphatic carbocycles. The molecular weight excluding hydrogens is 292 g/mol. The van der Waals surface area contributed by atoms with E-state index in [2.05, 4.69) is 20.9 Å².